The Morgan fingerprint density at radius 1 is 1.20 bits per heavy atom. The number of piperidine rings is 1. The Morgan fingerprint density at radius 3 is 2.36 bits per heavy atom. The van der Waals surface area contributed by atoms with Crippen molar-refractivity contribution in [2.45, 2.75) is 37.5 Å². The molecule has 0 aliphatic carbocycles. The molecule has 1 fully saturated rings. The Labute approximate surface area is 156 Å². The molecule has 1 aliphatic heterocycles. The van der Waals surface area contributed by atoms with E-state index >= 15 is 0 Å². The number of nitrogens with one attached hydrogen (secondary N) is 1. The van der Waals surface area contributed by atoms with Crippen molar-refractivity contribution in [3.8, 4) is 0 Å². The summed E-state index contributed by atoms with van der Waals surface area (Å²) >= 11 is 0. The zero-order chi connectivity index (χ0) is 17.6. The lowest BCUT2D eigenvalue weighted by molar-refractivity contribution is -0.126. The minimum absolute atomic E-state index is 0. The molecule has 1 aliphatic rings. The van der Waals surface area contributed by atoms with Gasteiger partial charge in [0.25, 0.3) is 0 Å². The van der Waals surface area contributed by atoms with Crippen LogP contribution in [0.4, 0.5) is 0 Å². The first-order valence-electron chi connectivity index (χ1n) is 8.49. The standard InChI is InChI=1S/C17H27N3O3S.ClH/c1-14-4-6-16(7-5-14)24(22,23)20-12-8-15(9-13-20)17(21)19-11-3-2-10-18;/h4-7,15H,2-3,8-13,18H2,1H3,(H,19,21);1H. The molecule has 1 heterocycles. The third-order valence-corrected chi connectivity index (χ3v) is 6.33. The third-order valence-electron chi connectivity index (χ3n) is 4.41. The molecule has 8 heteroatoms. The van der Waals surface area contributed by atoms with Crippen molar-refractivity contribution < 1.29 is 13.2 Å². The molecule has 1 amide bonds. The fourth-order valence-corrected chi connectivity index (χ4v) is 4.31. The Bertz CT molecular complexity index is 642. The fraction of sp³-hybridized carbons (Fsp3) is 0.588. The smallest absolute Gasteiger partial charge is 0.243 e. The quantitative estimate of drug-likeness (QED) is 0.694. The first kappa shape index (κ1) is 21.9. The molecule has 2 rings (SSSR count). The maximum atomic E-state index is 12.6. The lowest BCUT2D eigenvalue weighted by Gasteiger charge is -2.30. The second-order valence-electron chi connectivity index (χ2n) is 6.28. The van der Waals surface area contributed by atoms with E-state index < -0.39 is 10.0 Å². The molecule has 0 spiro atoms. The minimum atomic E-state index is -3.46. The second-order valence-corrected chi connectivity index (χ2v) is 8.22. The van der Waals surface area contributed by atoms with Gasteiger partial charge in [-0.1, -0.05) is 17.7 Å². The summed E-state index contributed by atoms with van der Waals surface area (Å²) in [5.41, 5.74) is 6.45. The van der Waals surface area contributed by atoms with E-state index in [-0.39, 0.29) is 24.2 Å². The van der Waals surface area contributed by atoms with Crippen LogP contribution in [0, 0.1) is 12.8 Å². The van der Waals surface area contributed by atoms with Gasteiger partial charge in [-0.15, -0.1) is 12.4 Å². The number of carbonyl (C=O) groups excluding carboxylic acids is 1. The van der Waals surface area contributed by atoms with Crippen molar-refractivity contribution in [3.63, 3.8) is 0 Å². The number of hydrogen-bond donors (Lipinski definition) is 2. The number of carbonyl (C=O) groups is 1. The number of nitrogens with zero attached hydrogens (tertiary/aromatic N) is 1. The zero-order valence-corrected chi connectivity index (χ0v) is 16.2. The average molecular weight is 390 g/mol. The molecule has 6 nitrogen and oxygen atoms in total. The molecule has 25 heavy (non-hydrogen) atoms. The van der Waals surface area contributed by atoms with E-state index in [0.717, 1.165) is 18.4 Å². The van der Waals surface area contributed by atoms with Gasteiger partial charge in [0.05, 0.1) is 4.90 Å². The number of sulfonamides is 1. The lowest BCUT2D eigenvalue weighted by Crippen LogP contribution is -2.43. The molecule has 142 valence electrons. The van der Waals surface area contributed by atoms with Crippen molar-refractivity contribution in [2.24, 2.45) is 11.7 Å². The van der Waals surface area contributed by atoms with Crippen LogP contribution in [0.1, 0.15) is 31.2 Å². The SMILES string of the molecule is Cc1ccc(S(=O)(=O)N2CCC(C(=O)NCCCCN)CC2)cc1.Cl. The lowest BCUT2D eigenvalue weighted by atomic mass is 9.97. The normalized spacial score (nSPS) is 16.2. The number of aryl methyl sites for hydroxylation is 1. The average Bonchev–Trinajstić information content (AvgIpc) is 2.59. The Balaban J connectivity index is 0.00000312. The van der Waals surface area contributed by atoms with Gasteiger partial charge in [0, 0.05) is 25.6 Å². The van der Waals surface area contributed by atoms with Gasteiger partial charge >= 0.3 is 0 Å². The zero-order valence-electron chi connectivity index (χ0n) is 14.6. The molecule has 3 N–H and O–H groups in total. The van der Waals surface area contributed by atoms with Crippen LogP contribution in [-0.4, -0.2) is 44.8 Å². The predicted octanol–water partition coefficient (Wildman–Crippen LogP) is 1.67. The summed E-state index contributed by atoms with van der Waals surface area (Å²) in [7, 11) is -3.46. The van der Waals surface area contributed by atoms with Crippen LogP contribution >= 0.6 is 12.4 Å². The molecular weight excluding hydrogens is 362 g/mol. The van der Waals surface area contributed by atoms with E-state index in [2.05, 4.69) is 5.32 Å². The van der Waals surface area contributed by atoms with E-state index in [1.54, 1.807) is 24.3 Å². The Hall–Kier alpha value is -1.15. The molecule has 1 aromatic carbocycles. The molecule has 1 saturated heterocycles. The van der Waals surface area contributed by atoms with Crippen LogP contribution in [0.2, 0.25) is 0 Å². The van der Waals surface area contributed by atoms with E-state index in [1.165, 1.54) is 4.31 Å². The molecule has 0 aromatic heterocycles. The topological polar surface area (TPSA) is 92.5 Å². The Morgan fingerprint density at radius 2 is 1.80 bits per heavy atom. The largest absolute Gasteiger partial charge is 0.356 e. The van der Waals surface area contributed by atoms with Gasteiger partial charge in [-0.25, -0.2) is 8.42 Å². The maximum Gasteiger partial charge on any atom is 0.243 e. The van der Waals surface area contributed by atoms with Crippen molar-refractivity contribution >= 4 is 28.3 Å². The highest BCUT2D eigenvalue weighted by molar-refractivity contribution is 7.89. The molecule has 0 unspecified atom stereocenters. The highest BCUT2D eigenvalue weighted by Crippen LogP contribution is 2.24. The summed E-state index contributed by atoms with van der Waals surface area (Å²) < 4.78 is 26.7. The van der Waals surface area contributed by atoms with Crippen LogP contribution in [0.3, 0.4) is 0 Å². The predicted molar refractivity (Wildman–Crippen MR) is 101 cm³/mol. The third kappa shape index (κ3) is 5.95. The minimum Gasteiger partial charge on any atom is -0.356 e. The Kier molecular flexibility index (Phi) is 8.85. The number of halogens is 1. The van der Waals surface area contributed by atoms with Crippen LogP contribution in [0.25, 0.3) is 0 Å². The van der Waals surface area contributed by atoms with E-state index in [1.807, 2.05) is 6.92 Å². The summed E-state index contributed by atoms with van der Waals surface area (Å²) in [5.74, 6) is -0.0771. The number of benzene rings is 1. The molecule has 0 saturated carbocycles. The number of nitrogens with two attached hydrogens (primary N) is 1. The molecule has 1 aromatic rings. The van der Waals surface area contributed by atoms with E-state index in [9.17, 15) is 13.2 Å². The highest BCUT2D eigenvalue weighted by atomic mass is 35.5. The van der Waals surface area contributed by atoms with Crippen molar-refractivity contribution in [1.29, 1.82) is 0 Å². The van der Waals surface area contributed by atoms with Gasteiger partial charge in [0.1, 0.15) is 0 Å². The number of hydrogen-bond acceptors (Lipinski definition) is 4. The van der Waals surface area contributed by atoms with Crippen molar-refractivity contribution in [2.75, 3.05) is 26.2 Å². The van der Waals surface area contributed by atoms with Gasteiger partial charge < -0.3 is 11.1 Å². The summed E-state index contributed by atoms with van der Waals surface area (Å²) in [6.45, 7) is 3.96. The number of amides is 1. The van der Waals surface area contributed by atoms with Crippen LogP contribution < -0.4 is 11.1 Å². The monoisotopic (exact) mass is 389 g/mol. The molecule has 0 atom stereocenters. The van der Waals surface area contributed by atoms with Gasteiger partial charge in [-0.2, -0.15) is 4.31 Å². The van der Waals surface area contributed by atoms with Crippen LogP contribution in [0.15, 0.2) is 29.2 Å². The van der Waals surface area contributed by atoms with E-state index in [4.69, 9.17) is 5.73 Å². The van der Waals surface area contributed by atoms with E-state index in [0.29, 0.717) is 43.9 Å². The first-order valence-corrected chi connectivity index (χ1v) is 9.94. The van der Waals surface area contributed by atoms with Gasteiger partial charge in [0.15, 0.2) is 0 Å². The first-order chi connectivity index (χ1) is 11.4. The van der Waals surface area contributed by atoms with Gasteiger partial charge in [-0.05, 0) is 51.3 Å². The summed E-state index contributed by atoms with van der Waals surface area (Å²) in [6, 6.07) is 6.88. The molecular formula is C17H28ClN3O3S. The highest BCUT2D eigenvalue weighted by Gasteiger charge is 2.31. The number of rotatable bonds is 7. The summed E-state index contributed by atoms with van der Waals surface area (Å²) in [6.07, 6.45) is 2.90. The number of unbranched alkanes of at least 4 members (excludes halogenated alkanes) is 1. The molecule has 0 bridgehead atoms. The second kappa shape index (κ2) is 10.1. The van der Waals surface area contributed by atoms with Crippen LogP contribution in [0.5, 0.6) is 0 Å². The molecule has 0 radical (unpaired) electrons. The summed E-state index contributed by atoms with van der Waals surface area (Å²) in [5, 5.41) is 2.92. The fourth-order valence-electron chi connectivity index (χ4n) is 2.84. The maximum absolute atomic E-state index is 12.6. The van der Waals surface area contributed by atoms with Crippen molar-refractivity contribution in [3.05, 3.63) is 29.8 Å². The van der Waals surface area contributed by atoms with Gasteiger partial charge in [0.2, 0.25) is 15.9 Å². The van der Waals surface area contributed by atoms with Crippen LogP contribution in [-0.2, 0) is 14.8 Å². The van der Waals surface area contributed by atoms with Crippen molar-refractivity contribution in [1.82, 2.24) is 9.62 Å². The van der Waals surface area contributed by atoms with Gasteiger partial charge in [-0.3, -0.25) is 4.79 Å². The summed E-state index contributed by atoms with van der Waals surface area (Å²) in [4.78, 5) is 12.4.